The van der Waals surface area contributed by atoms with Gasteiger partial charge in [0.2, 0.25) is 0 Å². The van der Waals surface area contributed by atoms with Crippen LogP contribution in [0.5, 0.6) is 5.75 Å². The molecule has 0 bridgehead atoms. The van der Waals surface area contributed by atoms with E-state index in [-0.39, 0.29) is 12.6 Å². The van der Waals surface area contributed by atoms with Crippen molar-refractivity contribution in [1.82, 2.24) is 15.5 Å². The van der Waals surface area contributed by atoms with Gasteiger partial charge in [-0.1, -0.05) is 13.8 Å². The molecule has 2 heterocycles. The number of guanidine groups is 1. The summed E-state index contributed by atoms with van der Waals surface area (Å²) in [6.45, 7) is 10.0. The first kappa shape index (κ1) is 21.8. The first-order valence-corrected chi connectivity index (χ1v) is 10.4. The zero-order valence-corrected chi connectivity index (χ0v) is 17.7. The molecule has 0 amide bonds. The van der Waals surface area contributed by atoms with Crippen molar-refractivity contribution in [1.29, 1.82) is 0 Å². The summed E-state index contributed by atoms with van der Waals surface area (Å²) in [6, 6.07) is 3.43. The number of morpholine rings is 1. The second kappa shape index (κ2) is 10.8. The first-order chi connectivity index (χ1) is 14.1. The van der Waals surface area contributed by atoms with Crippen LogP contribution in [0.4, 0.5) is 4.39 Å². The van der Waals surface area contributed by atoms with Crippen LogP contribution in [0.2, 0.25) is 0 Å². The molecule has 1 aromatic rings. The van der Waals surface area contributed by atoms with E-state index in [0.29, 0.717) is 31.5 Å². The Hall–Kier alpha value is -1.90. The molecule has 162 valence electrons. The van der Waals surface area contributed by atoms with Gasteiger partial charge in [0.05, 0.1) is 19.8 Å². The van der Waals surface area contributed by atoms with E-state index in [2.05, 4.69) is 34.4 Å². The zero-order chi connectivity index (χ0) is 20.6. The fraction of sp³-hybridized carbons (Fsp3) is 0.667. The van der Waals surface area contributed by atoms with E-state index >= 15 is 0 Å². The lowest BCUT2D eigenvalue weighted by atomic mass is 10.0. The summed E-state index contributed by atoms with van der Waals surface area (Å²) < 4.78 is 30.2. The zero-order valence-electron chi connectivity index (χ0n) is 17.7. The predicted molar refractivity (Wildman–Crippen MR) is 111 cm³/mol. The lowest BCUT2D eigenvalue weighted by molar-refractivity contribution is -0.0172. The van der Waals surface area contributed by atoms with Crippen molar-refractivity contribution in [3.63, 3.8) is 0 Å². The topological polar surface area (TPSA) is 67.4 Å². The van der Waals surface area contributed by atoms with E-state index in [4.69, 9.17) is 14.2 Å². The highest BCUT2D eigenvalue weighted by Crippen LogP contribution is 2.29. The molecule has 2 aliphatic rings. The van der Waals surface area contributed by atoms with Crippen molar-refractivity contribution < 1.29 is 18.6 Å². The van der Waals surface area contributed by atoms with Gasteiger partial charge in [0.25, 0.3) is 0 Å². The largest absolute Gasteiger partial charge is 0.467 e. The predicted octanol–water partition coefficient (Wildman–Crippen LogP) is 1.76. The molecule has 1 atom stereocenters. The maximum Gasteiger partial charge on any atom is 0.191 e. The number of fused-ring (bicyclic) bond motifs is 1. The van der Waals surface area contributed by atoms with Gasteiger partial charge in [0.1, 0.15) is 11.6 Å². The molecule has 0 spiro atoms. The van der Waals surface area contributed by atoms with Crippen molar-refractivity contribution in [3.05, 3.63) is 29.1 Å². The molecular formula is C21H33FN4O3. The van der Waals surface area contributed by atoms with Gasteiger partial charge in [-0.2, -0.15) is 0 Å². The third kappa shape index (κ3) is 6.04. The van der Waals surface area contributed by atoms with Crippen molar-refractivity contribution >= 4 is 5.96 Å². The number of halogens is 1. The highest BCUT2D eigenvalue weighted by molar-refractivity contribution is 5.79. The summed E-state index contributed by atoms with van der Waals surface area (Å²) in [5.74, 6) is 1.76. The Kier molecular flexibility index (Phi) is 8.09. The molecular weight excluding hydrogens is 375 g/mol. The number of nitrogens with zero attached hydrogens (tertiary/aromatic N) is 2. The van der Waals surface area contributed by atoms with Crippen LogP contribution in [0, 0.1) is 11.7 Å². The second-order valence-corrected chi connectivity index (χ2v) is 7.75. The molecule has 7 nitrogen and oxygen atoms in total. The minimum Gasteiger partial charge on any atom is -0.467 e. The van der Waals surface area contributed by atoms with E-state index in [1.807, 2.05) is 0 Å². The van der Waals surface area contributed by atoms with Crippen LogP contribution in [-0.4, -0.2) is 70.1 Å². The summed E-state index contributed by atoms with van der Waals surface area (Å²) in [5.41, 5.74) is 1.61. The standard InChI is InChI=1S/C21H33FN4O3/c1-15(2)19(26-6-8-27-9-7-26)12-25-21(23-3)24-5-4-16-10-18(22)11-17-13-28-14-29-20(16)17/h10-11,15,19H,4-9,12-14H2,1-3H3,(H2,23,24,25). The molecule has 8 heteroatoms. The molecule has 1 unspecified atom stereocenters. The fourth-order valence-electron chi connectivity index (χ4n) is 3.88. The van der Waals surface area contributed by atoms with Crippen LogP contribution in [0.15, 0.2) is 17.1 Å². The van der Waals surface area contributed by atoms with Crippen molar-refractivity contribution in [2.75, 3.05) is 53.2 Å². The Morgan fingerprint density at radius 3 is 2.72 bits per heavy atom. The van der Waals surface area contributed by atoms with E-state index in [1.54, 1.807) is 7.05 Å². The molecule has 1 fully saturated rings. The summed E-state index contributed by atoms with van der Waals surface area (Å²) in [5, 5.41) is 6.77. The Bertz CT molecular complexity index is 693. The number of nitrogens with one attached hydrogen (secondary N) is 2. The van der Waals surface area contributed by atoms with E-state index in [1.165, 1.54) is 12.1 Å². The number of rotatable bonds is 7. The molecule has 0 aliphatic carbocycles. The van der Waals surface area contributed by atoms with Crippen LogP contribution in [0.25, 0.3) is 0 Å². The van der Waals surface area contributed by atoms with Crippen LogP contribution in [0.3, 0.4) is 0 Å². The lowest BCUT2D eigenvalue weighted by Crippen LogP contribution is -2.52. The van der Waals surface area contributed by atoms with Crippen LogP contribution < -0.4 is 15.4 Å². The number of ether oxygens (including phenoxy) is 3. The van der Waals surface area contributed by atoms with Crippen LogP contribution in [0.1, 0.15) is 25.0 Å². The molecule has 2 N–H and O–H groups in total. The SMILES string of the molecule is CN=C(NCCc1cc(F)cc2c1OCOC2)NCC(C(C)C)N1CCOCC1. The Balaban J connectivity index is 1.51. The lowest BCUT2D eigenvalue weighted by Gasteiger charge is -2.37. The average molecular weight is 409 g/mol. The third-order valence-corrected chi connectivity index (χ3v) is 5.42. The van der Waals surface area contributed by atoms with Crippen LogP contribution >= 0.6 is 0 Å². The molecule has 29 heavy (non-hydrogen) atoms. The summed E-state index contributed by atoms with van der Waals surface area (Å²) in [4.78, 5) is 6.81. The van der Waals surface area contributed by atoms with Gasteiger partial charge >= 0.3 is 0 Å². The molecule has 2 aliphatic heterocycles. The molecule has 0 saturated carbocycles. The maximum absolute atomic E-state index is 13.9. The summed E-state index contributed by atoms with van der Waals surface area (Å²) in [6.07, 6.45) is 0.637. The molecule has 1 aromatic carbocycles. The number of benzene rings is 1. The molecule has 0 radical (unpaired) electrons. The highest BCUT2D eigenvalue weighted by atomic mass is 19.1. The average Bonchev–Trinajstić information content (AvgIpc) is 2.73. The normalized spacial score (nSPS) is 18.9. The number of hydrogen-bond donors (Lipinski definition) is 2. The van der Waals surface area contributed by atoms with Crippen molar-refractivity contribution in [3.8, 4) is 5.75 Å². The quantitative estimate of drug-likeness (QED) is 0.529. The summed E-state index contributed by atoms with van der Waals surface area (Å²) in [7, 11) is 1.76. The molecule has 3 rings (SSSR count). The Morgan fingerprint density at radius 2 is 2.00 bits per heavy atom. The summed E-state index contributed by atoms with van der Waals surface area (Å²) >= 11 is 0. The van der Waals surface area contributed by atoms with Gasteiger partial charge < -0.3 is 24.8 Å². The van der Waals surface area contributed by atoms with Gasteiger partial charge in [-0.15, -0.1) is 0 Å². The van der Waals surface area contributed by atoms with Crippen LogP contribution in [-0.2, 0) is 22.5 Å². The van der Waals surface area contributed by atoms with Crippen molar-refractivity contribution in [2.45, 2.75) is 32.9 Å². The minimum absolute atomic E-state index is 0.209. The van der Waals surface area contributed by atoms with Gasteiger partial charge in [-0.3, -0.25) is 9.89 Å². The molecule has 1 saturated heterocycles. The smallest absolute Gasteiger partial charge is 0.191 e. The first-order valence-electron chi connectivity index (χ1n) is 10.4. The third-order valence-electron chi connectivity index (χ3n) is 5.42. The van der Waals surface area contributed by atoms with E-state index < -0.39 is 0 Å². The number of hydrogen-bond acceptors (Lipinski definition) is 5. The Labute approximate surface area is 172 Å². The maximum atomic E-state index is 13.9. The second-order valence-electron chi connectivity index (χ2n) is 7.75. The van der Waals surface area contributed by atoms with Crippen molar-refractivity contribution in [2.24, 2.45) is 10.9 Å². The fourth-order valence-corrected chi connectivity index (χ4v) is 3.88. The van der Waals surface area contributed by atoms with E-state index in [9.17, 15) is 4.39 Å². The van der Waals surface area contributed by atoms with Gasteiger partial charge in [-0.05, 0) is 30.0 Å². The highest BCUT2D eigenvalue weighted by Gasteiger charge is 2.24. The van der Waals surface area contributed by atoms with Gasteiger partial charge in [-0.25, -0.2) is 4.39 Å². The molecule has 0 aromatic heterocycles. The van der Waals surface area contributed by atoms with Gasteiger partial charge in [0.15, 0.2) is 12.8 Å². The van der Waals surface area contributed by atoms with E-state index in [0.717, 1.165) is 55.7 Å². The Morgan fingerprint density at radius 1 is 1.21 bits per heavy atom. The number of aliphatic imine (C=N–C) groups is 1. The minimum atomic E-state index is -0.263. The van der Waals surface area contributed by atoms with Gasteiger partial charge in [0, 0.05) is 44.8 Å². The monoisotopic (exact) mass is 408 g/mol.